The molecule has 0 aliphatic heterocycles. The molecule has 0 radical (unpaired) electrons. The highest BCUT2D eigenvalue weighted by molar-refractivity contribution is 5.81. The van der Waals surface area contributed by atoms with Gasteiger partial charge in [0.1, 0.15) is 6.61 Å². The maximum Gasteiger partial charge on any atom is 0.407 e. The number of fused-ring (bicyclic) bond motifs is 3. The van der Waals surface area contributed by atoms with E-state index in [9.17, 15) is 14.4 Å². The van der Waals surface area contributed by atoms with E-state index in [-0.39, 0.29) is 42.6 Å². The smallest absolute Gasteiger partial charge is 0.407 e. The molecule has 0 heterocycles. The number of amides is 2. The second-order valence-corrected chi connectivity index (χ2v) is 9.96. The lowest BCUT2D eigenvalue weighted by atomic mass is 9.93. The van der Waals surface area contributed by atoms with Crippen molar-refractivity contribution in [1.82, 2.24) is 10.6 Å². The van der Waals surface area contributed by atoms with Gasteiger partial charge in [0.25, 0.3) is 0 Å². The van der Waals surface area contributed by atoms with Gasteiger partial charge in [-0.15, -0.1) is 0 Å². The van der Waals surface area contributed by atoms with E-state index in [0.717, 1.165) is 30.4 Å². The van der Waals surface area contributed by atoms with E-state index >= 15 is 0 Å². The van der Waals surface area contributed by atoms with Crippen LogP contribution in [0.4, 0.5) is 4.79 Å². The van der Waals surface area contributed by atoms with Crippen LogP contribution in [0, 0.1) is 17.8 Å². The highest BCUT2D eigenvalue weighted by Crippen LogP contribution is 2.44. The molecule has 2 aromatic carbocycles. The summed E-state index contributed by atoms with van der Waals surface area (Å²) in [4.78, 5) is 36.6. The molecule has 4 rings (SSSR count). The first-order valence-electron chi connectivity index (χ1n) is 12.5. The zero-order valence-electron chi connectivity index (χ0n) is 20.3. The largest absolute Gasteiger partial charge is 0.481 e. The van der Waals surface area contributed by atoms with E-state index in [1.165, 1.54) is 11.1 Å². The summed E-state index contributed by atoms with van der Waals surface area (Å²) in [6.45, 7) is 4.41. The average Bonchev–Trinajstić information content (AvgIpc) is 3.43. The monoisotopic (exact) mass is 478 g/mol. The van der Waals surface area contributed by atoms with E-state index in [1.807, 2.05) is 38.1 Å². The second-order valence-electron chi connectivity index (χ2n) is 9.96. The molecule has 2 aliphatic rings. The summed E-state index contributed by atoms with van der Waals surface area (Å²) in [6.07, 6.45) is 1.90. The molecule has 0 bridgehead atoms. The lowest BCUT2D eigenvalue weighted by molar-refractivity contribution is -0.138. The number of nitrogens with one attached hydrogen (secondary N) is 2. The average molecular weight is 479 g/mol. The standard InChI is InChI=1S/C28H34N2O5/c1-17(2)25(14-26(31)32)30-27(33)19-13-7-8-18(19)15-29-28(34)35-16-24-22-11-5-3-9-20(22)21-10-4-6-12-23(21)24/h3-6,9-12,17-19,24-25H,7-8,13-16H2,1-2H3,(H,29,34)(H,30,33)(H,31,32)/t18?,19?,25-/m0/s1. The number of hydrogen-bond acceptors (Lipinski definition) is 4. The first-order chi connectivity index (χ1) is 16.8. The van der Waals surface area contributed by atoms with Crippen LogP contribution in [0.25, 0.3) is 11.1 Å². The second kappa shape index (κ2) is 10.9. The number of carboxylic acid groups (broad SMARTS) is 1. The van der Waals surface area contributed by atoms with Crippen LogP contribution in [-0.4, -0.2) is 42.3 Å². The Bertz CT molecular complexity index is 1040. The molecular formula is C28H34N2O5. The number of carbonyl (C=O) groups excluding carboxylic acids is 2. The summed E-state index contributed by atoms with van der Waals surface area (Å²) < 4.78 is 5.62. The van der Waals surface area contributed by atoms with Crippen molar-refractivity contribution in [1.29, 1.82) is 0 Å². The van der Waals surface area contributed by atoms with Crippen LogP contribution in [0.15, 0.2) is 48.5 Å². The molecule has 7 nitrogen and oxygen atoms in total. The lowest BCUT2D eigenvalue weighted by Crippen LogP contribution is -2.45. The van der Waals surface area contributed by atoms with E-state index in [2.05, 4.69) is 34.9 Å². The third-order valence-corrected chi connectivity index (χ3v) is 7.38. The quantitative estimate of drug-likeness (QED) is 0.490. The molecule has 7 heteroatoms. The summed E-state index contributed by atoms with van der Waals surface area (Å²) in [5, 5.41) is 14.9. The van der Waals surface area contributed by atoms with Gasteiger partial charge in [-0.25, -0.2) is 4.79 Å². The molecule has 0 aromatic heterocycles. The van der Waals surface area contributed by atoms with Crippen LogP contribution in [0.3, 0.4) is 0 Å². The Morgan fingerprint density at radius 1 is 1.00 bits per heavy atom. The fourth-order valence-corrected chi connectivity index (χ4v) is 5.42. The molecular weight excluding hydrogens is 444 g/mol. The Kier molecular flexibility index (Phi) is 7.73. The summed E-state index contributed by atoms with van der Waals surface area (Å²) in [7, 11) is 0. The molecule has 1 saturated carbocycles. The first-order valence-corrected chi connectivity index (χ1v) is 12.5. The first kappa shape index (κ1) is 24.8. The van der Waals surface area contributed by atoms with Crippen LogP contribution in [0.1, 0.15) is 56.6 Å². The van der Waals surface area contributed by atoms with Crippen molar-refractivity contribution in [3.05, 3.63) is 59.7 Å². The van der Waals surface area contributed by atoms with Crippen molar-refractivity contribution in [2.75, 3.05) is 13.2 Å². The molecule has 0 spiro atoms. The third-order valence-electron chi connectivity index (χ3n) is 7.38. The lowest BCUT2D eigenvalue weighted by Gasteiger charge is -2.25. The number of alkyl carbamates (subject to hydrolysis) is 1. The van der Waals surface area contributed by atoms with Gasteiger partial charge in [-0.1, -0.05) is 68.8 Å². The molecule has 2 amide bonds. The van der Waals surface area contributed by atoms with E-state index < -0.39 is 18.1 Å². The molecule has 0 saturated heterocycles. The molecule has 2 aliphatic carbocycles. The van der Waals surface area contributed by atoms with Gasteiger partial charge in [0.2, 0.25) is 5.91 Å². The minimum atomic E-state index is -0.927. The van der Waals surface area contributed by atoms with Crippen LogP contribution in [-0.2, 0) is 14.3 Å². The number of carbonyl (C=O) groups is 3. The van der Waals surface area contributed by atoms with Gasteiger partial charge in [-0.3, -0.25) is 9.59 Å². The Morgan fingerprint density at radius 3 is 2.23 bits per heavy atom. The summed E-state index contributed by atoms with van der Waals surface area (Å²) in [6, 6.07) is 16.0. The Labute approximate surface area is 206 Å². The molecule has 3 N–H and O–H groups in total. The summed E-state index contributed by atoms with van der Waals surface area (Å²) >= 11 is 0. The van der Waals surface area contributed by atoms with Gasteiger partial charge in [-0.2, -0.15) is 0 Å². The zero-order chi connectivity index (χ0) is 24.9. The molecule has 35 heavy (non-hydrogen) atoms. The van der Waals surface area contributed by atoms with Gasteiger partial charge in [-0.05, 0) is 46.9 Å². The van der Waals surface area contributed by atoms with Crippen molar-refractivity contribution < 1.29 is 24.2 Å². The fraction of sp³-hybridized carbons (Fsp3) is 0.464. The minimum Gasteiger partial charge on any atom is -0.481 e. The Hall–Kier alpha value is -3.35. The predicted octanol–water partition coefficient (Wildman–Crippen LogP) is 4.56. The molecule has 2 unspecified atom stereocenters. The Balaban J connectivity index is 1.30. The molecule has 1 fully saturated rings. The number of rotatable bonds is 9. The summed E-state index contributed by atoms with van der Waals surface area (Å²) in [5.41, 5.74) is 4.68. The van der Waals surface area contributed by atoms with Crippen LogP contribution in [0.5, 0.6) is 0 Å². The van der Waals surface area contributed by atoms with Crippen molar-refractivity contribution in [3.8, 4) is 11.1 Å². The number of hydrogen-bond donors (Lipinski definition) is 3. The Morgan fingerprint density at radius 2 is 1.63 bits per heavy atom. The highest BCUT2D eigenvalue weighted by Gasteiger charge is 2.35. The van der Waals surface area contributed by atoms with Gasteiger partial charge in [0.05, 0.1) is 6.42 Å². The molecule has 2 aromatic rings. The maximum absolute atomic E-state index is 12.9. The van der Waals surface area contributed by atoms with Gasteiger partial charge < -0.3 is 20.5 Å². The van der Waals surface area contributed by atoms with Crippen molar-refractivity contribution in [3.63, 3.8) is 0 Å². The summed E-state index contributed by atoms with van der Waals surface area (Å²) in [5.74, 6) is -1.26. The van der Waals surface area contributed by atoms with Crippen molar-refractivity contribution in [2.24, 2.45) is 17.8 Å². The van der Waals surface area contributed by atoms with E-state index in [4.69, 9.17) is 9.84 Å². The van der Waals surface area contributed by atoms with Gasteiger partial charge in [0.15, 0.2) is 0 Å². The van der Waals surface area contributed by atoms with Gasteiger partial charge >= 0.3 is 12.1 Å². The van der Waals surface area contributed by atoms with Crippen LogP contribution < -0.4 is 10.6 Å². The van der Waals surface area contributed by atoms with Gasteiger partial charge in [0, 0.05) is 24.4 Å². The van der Waals surface area contributed by atoms with E-state index in [1.54, 1.807) is 0 Å². The maximum atomic E-state index is 12.9. The third kappa shape index (κ3) is 5.66. The van der Waals surface area contributed by atoms with Crippen molar-refractivity contribution in [2.45, 2.75) is 51.5 Å². The number of carboxylic acids is 1. The highest BCUT2D eigenvalue weighted by atomic mass is 16.5. The minimum absolute atomic E-state index is 0.000332. The number of ether oxygens (including phenoxy) is 1. The molecule has 186 valence electrons. The number of aliphatic carboxylic acids is 1. The van der Waals surface area contributed by atoms with Crippen LogP contribution >= 0.6 is 0 Å². The molecule has 3 atom stereocenters. The van der Waals surface area contributed by atoms with Crippen LogP contribution in [0.2, 0.25) is 0 Å². The fourth-order valence-electron chi connectivity index (χ4n) is 5.42. The normalized spacial score (nSPS) is 19.6. The van der Waals surface area contributed by atoms with Crippen molar-refractivity contribution >= 4 is 18.0 Å². The van der Waals surface area contributed by atoms with E-state index in [0.29, 0.717) is 6.54 Å². The number of benzene rings is 2. The topological polar surface area (TPSA) is 105 Å². The SMILES string of the molecule is CC(C)[C@H](CC(=O)O)NC(=O)C1CCCC1CNC(=O)OCC1c2ccccc2-c2ccccc21. The zero-order valence-corrected chi connectivity index (χ0v) is 20.3. The predicted molar refractivity (Wildman–Crippen MR) is 133 cm³/mol.